The van der Waals surface area contributed by atoms with Crippen LogP contribution in [0.15, 0.2) is 12.3 Å². The highest BCUT2D eigenvalue weighted by molar-refractivity contribution is 6.30. The highest BCUT2D eigenvalue weighted by atomic mass is 35.5. The SMILES string of the molecule is Cc1cc(CCl)cnc1Cl.Cl. The third kappa shape index (κ3) is 2.86. The van der Waals surface area contributed by atoms with Crippen molar-refractivity contribution in [2.45, 2.75) is 12.8 Å². The molecule has 0 aromatic carbocycles. The maximum absolute atomic E-state index is 5.68. The molecule has 0 bridgehead atoms. The Hall–Kier alpha value is 0.0200. The zero-order valence-corrected chi connectivity index (χ0v) is 8.30. The van der Waals surface area contributed by atoms with Crippen LogP contribution in [0.5, 0.6) is 0 Å². The molecule has 1 aromatic rings. The lowest BCUT2D eigenvalue weighted by atomic mass is 10.2. The van der Waals surface area contributed by atoms with Gasteiger partial charge in [0.05, 0.1) is 0 Å². The van der Waals surface area contributed by atoms with Crippen LogP contribution in [-0.4, -0.2) is 4.98 Å². The van der Waals surface area contributed by atoms with Gasteiger partial charge in [-0.15, -0.1) is 24.0 Å². The quantitative estimate of drug-likeness (QED) is 0.515. The monoisotopic (exact) mass is 211 g/mol. The second-order valence-corrected chi connectivity index (χ2v) is 2.71. The molecule has 1 rings (SSSR count). The average Bonchev–Trinajstić information content (AvgIpc) is 1.95. The summed E-state index contributed by atoms with van der Waals surface area (Å²) in [6.07, 6.45) is 1.68. The molecule has 0 aliphatic carbocycles. The van der Waals surface area contributed by atoms with E-state index in [9.17, 15) is 0 Å². The lowest BCUT2D eigenvalue weighted by molar-refractivity contribution is 1.20. The third-order valence-corrected chi connectivity index (χ3v) is 1.93. The Morgan fingerprint density at radius 3 is 2.64 bits per heavy atom. The fraction of sp³-hybridized carbons (Fsp3) is 0.286. The smallest absolute Gasteiger partial charge is 0.131 e. The van der Waals surface area contributed by atoms with Crippen molar-refractivity contribution in [3.63, 3.8) is 0 Å². The Morgan fingerprint density at radius 2 is 2.18 bits per heavy atom. The van der Waals surface area contributed by atoms with E-state index in [-0.39, 0.29) is 12.4 Å². The zero-order valence-electron chi connectivity index (χ0n) is 5.97. The molecular weight excluding hydrogens is 204 g/mol. The van der Waals surface area contributed by atoms with Crippen LogP contribution in [0, 0.1) is 6.92 Å². The minimum atomic E-state index is 0. The first-order chi connectivity index (χ1) is 4.74. The van der Waals surface area contributed by atoms with Crippen LogP contribution in [0.3, 0.4) is 0 Å². The Balaban J connectivity index is 0.000001000. The summed E-state index contributed by atoms with van der Waals surface area (Å²) in [6, 6.07) is 1.93. The van der Waals surface area contributed by atoms with Crippen LogP contribution in [0.25, 0.3) is 0 Å². The van der Waals surface area contributed by atoms with Gasteiger partial charge in [0.15, 0.2) is 0 Å². The van der Waals surface area contributed by atoms with Crippen LogP contribution < -0.4 is 0 Å². The largest absolute Gasteiger partial charge is 0.244 e. The summed E-state index contributed by atoms with van der Waals surface area (Å²) in [5, 5.41) is 0.550. The summed E-state index contributed by atoms with van der Waals surface area (Å²) in [4.78, 5) is 3.93. The van der Waals surface area contributed by atoms with E-state index in [1.54, 1.807) is 6.20 Å². The van der Waals surface area contributed by atoms with Gasteiger partial charge in [0, 0.05) is 12.1 Å². The standard InChI is InChI=1S/C7H7Cl2N.ClH/c1-5-2-6(3-8)4-10-7(5)9;/h2,4H,3H2,1H3;1H. The Morgan fingerprint density at radius 1 is 1.55 bits per heavy atom. The molecule has 0 saturated carbocycles. The molecule has 0 aliphatic heterocycles. The topological polar surface area (TPSA) is 12.9 Å². The van der Waals surface area contributed by atoms with Gasteiger partial charge in [-0.25, -0.2) is 4.98 Å². The molecule has 0 aliphatic rings. The van der Waals surface area contributed by atoms with E-state index in [2.05, 4.69) is 4.98 Å². The summed E-state index contributed by atoms with van der Waals surface area (Å²) in [5.41, 5.74) is 1.98. The van der Waals surface area contributed by atoms with E-state index in [1.165, 1.54) is 0 Å². The van der Waals surface area contributed by atoms with Crippen molar-refractivity contribution in [1.82, 2.24) is 4.98 Å². The Kier molecular flexibility index (Phi) is 4.82. The second kappa shape index (κ2) is 4.81. The molecular formula is C7H8Cl3N. The summed E-state index contributed by atoms with van der Waals surface area (Å²) >= 11 is 11.3. The minimum Gasteiger partial charge on any atom is -0.244 e. The van der Waals surface area contributed by atoms with Crippen molar-refractivity contribution >= 4 is 35.6 Å². The maximum Gasteiger partial charge on any atom is 0.131 e. The fourth-order valence-corrected chi connectivity index (χ4v) is 0.939. The molecule has 11 heavy (non-hydrogen) atoms. The molecule has 0 radical (unpaired) electrons. The number of alkyl halides is 1. The number of pyridine rings is 1. The van der Waals surface area contributed by atoms with Crippen molar-refractivity contribution in [3.8, 4) is 0 Å². The van der Waals surface area contributed by atoms with Crippen molar-refractivity contribution in [1.29, 1.82) is 0 Å². The molecule has 0 amide bonds. The first-order valence-electron chi connectivity index (χ1n) is 2.91. The van der Waals surface area contributed by atoms with Crippen LogP contribution in [-0.2, 0) is 5.88 Å². The maximum atomic E-state index is 5.68. The lowest BCUT2D eigenvalue weighted by Gasteiger charge is -1.97. The molecule has 0 spiro atoms. The minimum absolute atomic E-state index is 0. The summed E-state index contributed by atoms with van der Waals surface area (Å²) in [5.74, 6) is 0.491. The fourth-order valence-electron chi connectivity index (χ4n) is 0.689. The van der Waals surface area contributed by atoms with Crippen LogP contribution in [0.4, 0.5) is 0 Å². The summed E-state index contributed by atoms with van der Waals surface area (Å²) < 4.78 is 0. The zero-order chi connectivity index (χ0) is 7.56. The molecule has 0 fully saturated rings. The molecule has 1 aromatic heterocycles. The highest BCUT2D eigenvalue weighted by Crippen LogP contribution is 2.13. The molecule has 1 heterocycles. The predicted molar refractivity (Wildman–Crippen MR) is 50.8 cm³/mol. The van der Waals surface area contributed by atoms with E-state index in [0.717, 1.165) is 11.1 Å². The van der Waals surface area contributed by atoms with Gasteiger partial charge in [-0.05, 0) is 18.1 Å². The summed E-state index contributed by atoms with van der Waals surface area (Å²) in [7, 11) is 0. The Bertz CT molecular complexity index is 237. The van der Waals surface area contributed by atoms with Gasteiger partial charge < -0.3 is 0 Å². The first-order valence-corrected chi connectivity index (χ1v) is 3.82. The van der Waals surface area contributed by atoms with Crippen molar-refractivity contribution < 1.29 is 0 Å². The van der Waals surface area contributed by atoms with Crippen LogP contribution >= 0.6 is 35.6 Å². The average molecular weight is 213 g/mol. The molecule has 0 N–H and O–H groups in total. The number of hydrogen-bond acceptors (Lipinski definition) is 1. The molecule has 4 heteroatoms. The van der Waals surface area contributed by atoms with Crippen LogP contribution in [0.1, 0.15) is 11.1 Å². The number of rotatable bonds is 1. The van der Waals surface area contributed by atoms with Gasteiger partial charge >= 0.3 is 0 Å². The van der Waals surface area contributed by atoms with Gasteiger partial charge in [0.2, 0.25) is 0 Å². The van der Waals surface area contributed by atoms with Crippen molar-refractivity contribution in [2.24, 2.45) is 0 Å². The van der Waals surface area contributed by atoms with E-state index in [1.807, 2.05) is 13.0 Å². The van der Waals surface area contributed by atoms with E-state index >= 15 is 0 Å². The molecule has 62 valence electrons. The Labute approximate surface area is 82.1 Å². The first kappa shape index (κ1) is 11.0. The van der Waals surface area contributed by atoms with Gasteiger partial charge in [0.25, 0.3) is 0 Å². The predicted octanol–water partition coefficient (Wildman–Crippen LogP) is 3.20. The summed E-state index contributed by atoms with van der Waals surface area (Å²) in [6.45, 7) is 1.91. The number of nitrogens with zero attached hydrogens (tertiary/aromatic N) is 1. The van der Waals surface area contributed by atoms with Gasteiger partial charge in [-0.3, -0.25) is 0 Å². The van der Waals surface area contributed by atoms with E-state index < -0.39 is 0 Å². The molecule has 1 nitrogen and oxygen atoms in total. The second-order valence-electron chi connectivity index (χ2n) is 2.08. The van der Waals surface area contributed by atoms with Crippen LogP contribution in [0.2, 0.25) is 5.15 Å². The number of halogens is 3. The highest BCUT2D eigenvalue weighted by Gasteiger charge is 1.96. The van der Waals surface area contributed by atoms with Crippen molar-refractivity contribution in [3.05, 3.63) is 28.5 Å². The number of aryl methyl sites for hydroxylation is 1. The van der Waals surface area contributed by atoms with Crippen molar-refractivity contribution in [2.75, 3.05) is 0 Å². The van der Waals surface area contributed by atoms with Gasteiger partial charge in [0.1, 0.15) is 5.15 Å². The normalized spacial score (nSPS) is 9.00. The van der Waals surface area contributed by atoms with E-state index in [4.69, 9.17) is 23.2 Å². The van der Waals surface area contributed by atoms with Gasteiger partial charge in [-0.1, -0.05) is 17.7 Å². The number of hydrogen-bond donors (Lipinski definition) is 0. The lowest BCUT2D eigenvalue weighted by Crippen LogP contribution is -1.84. The van der Waals surface area contributed by atoms with Gasteiger partial charge in [-0.2, -0.15) is 0 Å². The molecule has 0 saturated heterocycles. The number of aromatic nitrogens is 1. The third-order valence-electron chi connectivity index (χ3n) is 1.23. The van der Waals surface area contributed by atoms with E-state index in [0.29, 0.717) is 11.0 Å². The molecule has 0 atom stereocenters. The molecule has 0 unspecified atom stereocenters.